The summed E-state index contributed by atoms with van der Waals surface area (Å²) < 4.78 is 16.8. The molecule has 0 aromatic heterocycles. The van der Waals surface area contributed by atoms with E-state index in [0.29, 0.717) is 59.3 Å². The molecular weight excluding hydrogens is 618 g/mol. The minimum Gasteiger partial charge on any atom is -0.505 e. The van der Waals surface area contributed by atoms with E-state index < -0.39 is 42.3 Å². The van der Waals surface area contributed by atoms with Gasteiger partial charge in [-0.3, -0.25) is 9.79 Å². The number of nitrogens with two attached hydrogens (primary N) is 1. The molecule has 0 saturated heterocycles. The maximum atomic E-state index is 13.3. The lowest BCUT2D eigenvalue weighted by molar-refractivity contribution is -0.112. The first-order valence-electron chi connectivity index (χ1n) is 16.1. The first-order valence-corrected chi connectivity index (χ1v) is 16.1. The number of phenols is 1. The molecule has 3 rings (SSSR count). The summed E-state index contributed by atoms with van der Waals surface area (Å²) in [5.74, 6) is -0.599. The molecule has 262 valence electrons. The summed E-state index contributed by atoms with van der Waals surface area (Å²) >= 11 is 0. The molecule has 1 aromatic carbocycles. The summed E-state index contributed by atoms with van der Waals surface area (Å²) in [6, 6.07) is 1.56. The van der Waals surface area contributed by atoms with Gasteiger partial charge in [-0.05, 0) is 58.1 Å². The van der Waals surface area contributed by atoms with E-state index in [1.807, 2.05) is 27.7 Å². The third kappa shape index (κ3) is 9.81. The van der Waals surface area contributed by atoms with Crippen LogP contribution in [0.25, 0.3) is 0 Å². The summed E-state index contributed by atoms with van der Waals surface area (Å²) in [5.41, 5.74) is 6.95. The van der Waals surface area contributed by atoms with Crippen molar-refractivity contribution in [3.05, 3.63) is 57.8 Å². The highest BCUT2D eigenvalue weighted by atomic mass is 16.6. The maximum Gasteiger partial charge on any atom is 0.405 e. The molecule has 0 spiro atoms. The van der Waals surface area contributed by atoms with Crippen molar-refractivity contribution in [2.24, 2.45) is 37.5 Å². The average molecular weight is 668 g/mol. The van der Waals surface area contributed by atoms with Crippen molar-refractivity contribution in [1.82, 2.24) is 5.32 Å². The number of carbonyl (C=O) groups excluding carboxylic acids is 2. The number of aliphatic imine (C=N–C) groups is 2. The van der Waals surface area contributed by atoms with Crippen molar-refractivity contribution in [3.8, 4) is 5.75 Å². The van der Waals surface area contributed by atoms with Crippen LogP contribution in [0.4, 0.5) is 10.5 Å². The lowest BCUT2D eigenvalue weighted by Gasteiger charge is -2.29. The number of allylic oxidation sites excluding steroid dienone is 2. The van der Waals surface area contributed by atoms with E-state index in [-0.39, 0.29) is 23.3 Å². The third-order valence-electron chi connectivity index (χ3n) is 8.08. The smallest absolute Gasteiger partial charge is 0.405 e. The van der Waals surface area contributed by atoms with Gasteiger partial charge in [-0.1, -0.05) is 38.2 Å². The Balaban J connectivity index is 2.18. The molecule has 0 saturated carbocycles. The number of aliphatic hydroxyl groups excluding tert-OH is 1. The molecule has 14 heteroatoms. The van der Waals surface area contributed by atoms with Gasteiger partial charge in [0.05, 0.1) is 28.6 Å². The number of benzene rings is 1. The molecule has 48 heavy (non-hydrogen) atoms. The molecule has 14 nitrogen and oxygen atoms in total. The van der Waals surface area contributed by atoms with Crippen LogP contribution in [0.3, 0.4) is 0 Å². The van der Waals surface area contributed by atoms with Gasteiger partial charge in [0.15, 0.2) is 6.10 Å². The molecular formula is C34H49N7O7. The zero-order chi connectivity index (χ0) is 35.5. The van der Waals surface area contributed by atoms with E-state index in [2.05, 4.69) is 30.6 Å². The lowest BCUT2D eigenvalue weighted by atomic mass is 9.88. The Labute approximate surface area is 281 Å². The molecule has 2 aliphatic heterocycles. The fourth-order valence-electron chi connectivity index (χ4n) is 5.62. The maximum absolute atomic E-state index is 13.3. The number of anilines is 1. The van der Waals surface area contributed by atoms with Gasteiger partial charge >= 0.3 is 6.09 Å². The highest BCUT2D eigenvalue weighted by molar-refractivity contribution is 6.04. The molecule has 0 radical (unpaired) electrons. The Hall–Kier alpha value is -4.40. The number of aromatic hydroxyl groups is 1. The number of nitrogens with one attached hydrogen (secondary N) is 2. The van der Waals surface area contributed by atoms with E-state index in [4.69, 9.17) is 19.9 Å². The van der Waals surface area contributed by atoms with Crippen LogP contribution in [0.15, 0.2) is 61.5 Å². The van der Waals surface area contributed by atoms with Crippen molar-refractivity contribution in [2.45, 2.75) is 78.8 Å². The molecule has 2 aliphatic rings. The molecule has 6 atom stereocenters. The van der Waals surface area contributed by atoms with Gasteiger partial charge in [0, 0.05) is 44.4 Å². The first-order chi connectivity index (χ1) is 22.8. The van der Waals surface area contributed by atoms with E-state index in [1.165, 1.54) is 14.2 Å². The van der Waals surface area contributed by atoms with Gasteiger partial charge < -0.3 is 40.8 Å². The SMILES string of the molecule is CCN=C(/N=C1/N=c2cc3c(O)c(c2=N1)C[C@@H](C)C[C@H](OC)[C@H](O)[C@@H](C)/C=C(\C)[C@H](OC(N)=O)[C@@H](OC)/C=C\C=C(/C)C(=O)N3)NCC. The number of ether oxygens (including phenoxy) is 3. The average Bonchev–Trinajstić information content (AvgIpc) is 3.43. The van der Waals surface area contributed by atoms with E-state index in [9.17, 15) is 19.8 Å². The van der Waals surface area contributed by atoms with Crippen LogP contribution in [0.1, 0.15) is 53.5 Å². The minimum absolute atomic E-state index is 0.130. The van der Waals surface area contributed by atoms with Crippen LogP contribution in [0.5, 0.6) is 5.75 Å². The largest absolute Gasteiger partial charge is 0.505 e. The molecule has 0 fully saturated rings. The monoisotopic (exact) mass is 667 g/mol. The number of nitrogens with zero attached hydrogens (tertiary/aromatic N) is 4. The van der Waals surface area contributed by atoms with Crippen LogP contribution in [0, 0.1) is 11.8 Å². The topological polar surface area (TPSA) is 202 Å². The summed E-state index contributed by atoms with van der Waals surface area (Å²) in [4.78, 5) is 43.2. The number of guanidine groups is 2. The van der Waals surface area contributed by atoms with Gasteiger partial charge in [0.2, 0.25) is 5.96 Å². The van der Waals surface area contributed by atoms with Crippen molar-refractivity contribution < 1.29 is 34.0 Å². The van der Waals surface area contributed by atoms with Crippen LogP contribution in [0.2, 0.25) is 0 Å². The second-order valence-electron chi connectivity index (χ2n) is 11.9. The normalized spacial score (nSPS) is 29.3. The highest BCUT2D eigenvalue weighted by Crippen LogP contribution is 2.29. The lowest BCUT2D eigenvalue weighted by Crippen LogP contribution is -2.37. The molecule has 0 aliphatic carbocycles. The van der Waals surface area contributed by atoms with Gasteiger partial charge in [0.25, 0.3) is 11.9 Å². The fraction of sp³-hybridized carbons (Fsp3) is 0.529. The minimum atomic E-state index is -0.984. The third-order valence-corrected chi connectivity index (χ3v) is 8.08. The molecule has 1 aromatic rings. The van der Waals surface area contributed by atoms with Gasteiger partial charge in [0.1, 0.15) is 11.9 Å². The molecule has 0 unspecified atom stereocenters. The summed E-state index contributed by atoms with van der Waals surface area (Å²) in [7, 11) is 2.99. The summed E-state index contributed by atoms with van der Waals surface area (Å²) in [5, 5.41) is 29.7. The Morgan fingerprint density at radius 1 is 1.19 bits per heavy atom. The van der Waals surface area contributed by atoms with E-state index >= 15 is 0 Å². The Morgan fingerprint density at radius 2 is 1.92 bits per heavy atom. The number of aliphatic hydroxyl groups is 1. The van der Waals surface area contributed by atoms with Gasteiger partial charge in [-0.15, -0.1) is 0 Å². The number of fused-ring (bicyclic) bond motifs is 4. The molecule has 2 amide bonds. The standard InChI is InChI=1S/C34H49N7O7/c1-9-36-33(37-10-2)41-34-39-23-17-24-29(43)22(27(23)40-34)14-18(3)15-26(47-8)28(42)20(5)16-21(6)30(48-32(35)45)25(46-7)13-11-12-19(4)31(44)38-24/h11-13,16-18,20,25-26,28,30,42-43H,9-10,14-15H2,1-8H3,(H2,35,45)(H,36,37)(H,38,44)/b13-11-,19-12+,21-16+,41-34-/t18-,20+,25+,26+,28-,30+/m1/s1. The summed E-state index contributed by atoms with van der Waals surface area (Å²) in [6.45, 7) is 12.1. The van der Waals surface area contributed by atoms with Crippen molar-refractivity contribution >= 4 is 29.6 Å². The predicted octanol–water partition coefficient (Wildman–Crippen LogP) is 2.45. The quantitative estimate of drug-likeness (QED) is 0.136. The second kappa shape index (κ2) is 17.7. The number of methoxy groups -OCH3 is 2. The number of hydrogen-bond acceptors (Lipinski definition) is 8. The van der Waals surface area contributed by atoms with Gasteiger partial charge in [-0.25, -0.2) is 14.8 Å². The number of primary amides is 1. The van der Waals surface area contributed by atoms with Crippen LogP contribution < -0.4 is 27.1 Å². The number of carbonyl (C=O) groups is 2. The van der Waals surface area contributed by atoms with Crippen LogP contribution >= 0.6 is 0 Å². The molecule has 6 N–H and O–H groups in total. The van der Waals surface area contributed by atoms with E-state index in [0.717, 1.165) is 0 Å². The highest BCUT2D eigenvalue weighted by Gasteiger charge is 2.30. The molecule has 2 bridgehead atoms. The zero-order valence-corrected chi connectivity index (χ0v) is 29.0. The first kappa shape index (κ1) is 38.1. The second-order valence-corrected chi connectivity index (χ2v) is 11.9. The van der Waals surface area contributed by atoms with Gasteiger partial charge in [-0.2, -0.15) is 4.99 Å². The number of amides is 2. The zero-order valence-electron chi connectivity index (χ0n) is 29.0. The fourth-order valence-corrected chi connectivity index (χ4v) is 5.62. The van der Waals surface area contributed by atoms with E-state index in [1.54, 1.807) is 44.2 Å². The van der Waals surface area contributed by atoms with Crippen molar-refractivity contribution in [2.75, 3.05) is 32.6 Å². The number of rotatable bonds is 5. The molecule has 2 heterocycles. The van der Waals surface area contributed by atoms with Crippen LogP contribution in [-0.4, -0.2) is 85.9 Å². The summed E-state index contributed by atoms with van der Waals surface area (Å²) in [6.07, 6.45) is 3.17. The number of phenolic OH excluding ortho intramolecular Hbond substituents is 1. The van der Waals surface area contributed by atoms with Crippen LogP contribution in [-0.2, 0) is 25.4 Å². The van der Waals surface area contributed by atoms with Crippen molar-refractivity contribution in [3.63, 3.8) is 0 Å². The van der Waals surface area contributed by atoms with Crippen molar-refractivity contribution in [1.29, 1.82) is 0 Å². The Kier molecular flexibility index (Phi) is 14.0. The number of hydrogen-bond donors (Lipinski definition) is 5. The Bertz CT molecular complexity index is 1620. The Morgan fingerprint density at radius 3 is 2.54 bits per heavy atom. The predicted molar refractivity (Wildman–Crippen MR) is 183 cm³/mol.